The van der Waals surface area contributed by atoms with Crippen molar-refractivity contribution in [3.05, 3.63) is 94.3 Å². The van der Waals surface area contributed by atoms with Gasteiger partial charge in [-0.15, -0.1) is 0 Å². The molecule has 1 aliphatic carbocycles. The summed E-state index contributed by atoms with van der Waals surface area (Å²) in [6.45, 7) is 3.99. The van der Waals surface area contributed by atoms with Gasteiger partial charge in [0.1, 0.15) is 17.5 Å². The maximum Gasteiger partial charge on any atom is 0.248 e. The number of hydrogen-bond donors (Lipinski definition) is 1. The van der Waals surface area contributed by atoms with Crippen LogP contribution in [-0.2, 0) is 11.2 Å². The first-order chi connectivity index (χ1) is 17.5. The fourth-order valence-corrected chi connectivity index (χ4v) is 5.29. The molecule has 2 aromatic carbocycles. The molecule has 0 unspecified atom stereocenters. The van der Waals surface area contributed by atoms with E-state index in [2.05, 4.69) is 40.2 Å². The van der Waals surface area contributed by atoms with E-state index in [1.807, 2.05) is 32.0 Å². The number of amides is 1. The standard InChI is InChI=1S/C30H28N4O2/c1-19-16-20(2)32-30-29(19)25(18-31)27(14-15-28(35)33-22-10-7-11-23(17-22)36-3)34(30)26-13-6-9-21-8-4-5-12-24(21)26/h4-5,7-8,10-12,14-17,26H,6,9,13H2,1-3H3,(H,33,35)/t26-/m0/s1. The minimum atomic E-state index is -0.283. The van der Waals surface area contributed by atoms with Gasteiger partial charge >= 0.3 is 0 Å². The Hall–Kier alpha value is -4.37. The van der Waals surface area contributed by atoms with Crippen molar-refractivity contribution in [3.8, 4) is 11.8 Å². The summed E-state index contributed by atoms with van der Waals surface area (Å²) in [7, 11) is 1.59. The molecule has 1 amide bonds. The number of aryl methyl sites for hydroxylation is 3. The van der Waals surface area contributed by atoms with E-state index in [-0.39, 0.29) is 11.9 Å². The van der Waals surface area contributed by atoms with Crippen LogP contribution < -0.4 is 10.1 Å². The summed E-state index contributed by atoms with van der Waals surface area (Å²) < 4.78 is 7.41. The predicted octanol–water partition coefficient (Wildman–Crippen LogP) is 6.11. The Morgan fingerprint density at radius 2 is 2.03 bits per heavy atom. The SMILES string of the molecule is COc1cccc(NC(=O)C=Cc2c(C#N)c3c(C)cc(C)nc3n2[C@H]2CCCc3ccccc32)c1. The summed E-state index contributed by atoms with van der Waals surface area (Å²) in [6, 6.07) is 20.2. The highest BCUT2D eigenvalue weighted by atomic mass is 16.5. The zero-order valence-corrected chi connectivity index (χ0v) is 20.7. The smallest absolute Gasteiger partial charge is 0.248 e. The summed E-state index contributed by atoms with van der Waals surface area (Å²) in [5.74, 6) is 0.380. The monoisotopic (exact) mass is 476 g/mol. The van der Waals surface area contributed by atoms with Crippen LogP contribution in [0.25, 0.3) is 17.1 Å². The van der Waals surface area contributed by atoms with E-state index in [1.165, 1.54) is 17.2 Å². The lowest BCUT2D eigenvalue weighted by atomic mass is 9.87. The summed E-state index contributed by atoms with van der Waals surface area (Å²) in [5, 5.41) is 14.0. The maximum absolute atomic E-state index is 12.9. The fourth-order valence-electron chi connectivity index (χ4n) is 5.29. The van der Waals surface area contributed by atoms with Gasteiger partial charge in [-0.25, -0.2) is 4.98 Å². The number of benzene rings is 2. The van der Waals surface area contributed by atoms with Gasteiger partial charge in [-0.3, -0.25) is 4.79 Å². The zero-order chi connectivity index (χ0) is 25.2. The second-order valence-corrected chi connectivity index (χ2v) is 9.18. The van der Waals surface area contributed by atoms with Crippen molar-refractivity contribution in [1.82, 2.24) is 9.55 Å². The molecule has 4 aromatic rings. The second-order valence-electron chi connectivity index (χ2n) is 9.18. The number of rotatable bonds is 5. The lowest BCUT2D eigenvalue weighted by Gasteiger charge is -2.28. The number of hydrogen-bond acceptors (Lipinski definition) is 4. The van der Waals surface area contributed by atoms with E-state index >= 15 is 0 Å². The lowest BCUT2D eigenvalue weighted by Crippen LogP contribution is -2.19. The highest BCUT2D eigenvalue weighted by Gasteiger charge is 2.28. The molecular formula is C30H28N4O2. The van der Waals surface area contributed by atoms with Crippen molar-refractivity contribution in [1.29, 1.82) is 5.26 Å². The Morgan fingerprint density at radius 1 is 1.19 bits per heavy atom. The van der Waals surface area contributed by atoms with Crippen LogP contribution in [-0.4, -0.2) is 22.6 Å². The molecule has 0 fully saturated rings. The molecule has 36 heavy (non-hydrogen) atoms. The molecule has 0 saturated heterocycles. The Labute approximate surface area is 210 Å². The van der Waals surface area contributed by atoms with E-state index < -0.39 is 0 Å². The summed E-state index contributed by atoms with van der Waals surface area (Å²) in [6.07, 6.45) is 6.27. The number of ether oxygens (including phenoxy) is 1. The average Bonchev–Trinajstić information content (AvgIpc) is 3.20. The number of fused-ring (bicyclic) bond motifs is 2. The second kappa shape index (κ2) is 9.71. The van der Waals surface area contributed by atoms with Gasteiger partial charge in [-0.1, -0.05) is 30.3 Å². The number of aromatic nitrogens is 2. The lowest BCUT2D eigenvalue weighted by molar-refractivity contribution is -0.111. The average molecular weight is 477 g/mol. The van der Waals surface area contributed by atoms with Gasteiger partial charge in [0.15, 0.2) is 0 Å². The molecule has 2 aromatic heterocycles. The van der Waals surface area contributed by atoms with Crippen LogP contribution in [0.5, 0.6) is 5.75 Å². The van der Waals surface area contributed by atoms with Crippen molar-refractivity contribution in [2.24, 2.45) is 0 Å². The Bertz CT molecular complexity index is 1540. The van der Waals surface area contributed by atoms with Crippen LogP contribution in [0.4, 0.5) is 5.69 Å². The Balaban J connectivity index is 1.63. The minimum absolute atomic E-state index is 0.0364. The summed E-state index contributed by atoms with van der Waals surface area (Å²) >= 11 is 0. The van der Waals surface area contributed by atoms with E-state index in [4.69, 9.17) is 9.72 Å². The van der Waals surface area contributed by atoms with Crippen LogP contribution >= 0.6 is 0 Å². The minimum Gasteiger partial charge on any atom is -0.497 e. The molecule has 0 aliphatic heterocycles. The van der Waals surface area contributed by atoms with Crippen molar-refractivity contribution in [3.63, 3.8) is 0 Å². The van der Waals surface area contributed by atoms with Gasteiger partial charge in [0.05, 0.1) is 24.4 Å². The topological polar surface area (TPSA) is 79.9 Å². The molecule has 1 atom stereocenters. The van der Waals surface area contributed by atoms with Gasteiger partial charge in [-0.05, 0) is 74.1 Å². The third-order valence-electron chi connectivity index (χ3n) is 6.81. The van der Waals surface area contributed by atoms with Gasteiger partial charge in [-0.2, -0.15) is 5.26 Å². The molecule has 6 nitrogen and oxygen atoms in total. The highest BCUT2D eigenvalue weighted by molar-refractivity contribution is 6.03. The number of carbonyl (C=O) groups is 1. The quantitative estimate of drug-likeness (QED) is 0.352. The first kappa shape index (κ1) is 23.4. The summed E-state index contributed by atoms with van der Waals surface area (Å²) in [4.78, 5) is 17.8. The molecule has 0 bridgehead atoms. The van der Waals surface area contributed by atoms with E-state index in [0.29, 0.717) is 22.7 Å². The highest BCUT2D eigenvalue weighted by Crippen LogP contribution is 2.39. The van der Waals surface area contributed by atoms with Crippen LogP contribution in [0.15, 0.2) is 60.7 Å². The fraction of sp³-hybridized carbons (Fsp3) is 0.233. The normalized spacial score (nSPS) is 15.0. The van der Waals surface area contributed by atoms with Crippen LogP contribution in [0.2, 0.25) is 0 Å². The number of methoxy groups -OCH3 is 1. The predicted molar refractivity (Wildman–Crippen MR) is 142 cm³/mol. The first-order valence-electron chi connectivity index (χ1n) is 12.1. The third kappa shape index (κ3) is 4.25. The number of anilines is 1. The number of nitrogens with one attached hydrogen (secondary N) is 1. The van der Waals surface area contributed by atoms with Gasteiger partial charge in [0, 0.05) is 28.9 Å². The van der Waals surface area contributed by atoms with Crippen LogP contribution in [0.1, 0.15) is 52.5 Å². The number of pyridine rings is 1. The van der Waals surface area contributed by atoms with Crippen molar-refractivity contribution in [2.75, 3.05) is 12.4 Å². The molecule has 6 heteroatoms. The molecular weight excluding hydrogens is 448 g/mol. The summed E-state index contributed by atoms with van der Waals surface area (Å²) in [5.41, 5.74) is 7.16. The van der Waals surface area contributed by atoms with Gasteiger partial charge in [0.25, 0.3) is 0 Å². The van der Waals surface area contributed by atoms with E-state index in [1.54, 1.807) is 25.3 Å². The molecule has 5 rings (SSSR count). The van der Waals surface area contributed by atoms with E-state index in [9.17, 15) is 10.1 Å². The molecule has 180 valence electrons. The number of nitriles is 1. The van der Waals surface area contributed by atoms with Crippen molar-refractivity contribution < 1.29 is 9.53 Å². The molecule has 1 N–H and O–H groups in total. The maximum atomic E-state index is 12.9. The first-order valence-corrected chi connectivity index (χ1v) is 12.1. The molecule has 2 heterocycles. The van der Waals surface area contributed by atoms with Crippen molar-refractivity contribution >= 4 is 28.7 Å². The number of nitrogens with zero attached hydrogens (tertiary/aromatic N) is 3. The van der Waals surface area contributed by atoms with Gasteiger partial charge in [0.2, 0.25) is 5.91 Å². The third-order valence-corrected chi connectivity index (χ3v) is 6.81. The zero-order valence-electron chi connectivity index (χ0n) is 20.7. The molecule has 0 spiro atoms. The Morgan fingerprint density at radius 3 is 2.83 bits per heavy atom. The molecule has 0 radical (unpaired) electrons. The van der Waals surface area contributed by atoms with Gasteiger partial charge < -0.3 is 14.6 Å². The Kier molecular flexibility index (Phi) is 6.30. The van der Waals surface area contributed by atoms with E-state index in [0.717, 1.165) is 41.6 Å². The molecule has 0 saturated carbocycles. The van der Waals surface area contributed by atoms with Crippen LogP contribution in [0.3, 0.4) is 0 Å². The largest absolute Gasteiger partial charge is 0.497 e. The van der Waals surface area contributed by atoms with Crippen LogP contribution in [0, 0.1) is 25.2 Å². The number of carbonyl (C=O) groups excluding carboxylic acids is 1. The van der Waals surface area contributed by atoms with Crippen molar-refractivity contribution in [2.45, 2.75) is 39.2 Å². The molecule has 1 aliphatic rings.